The van der Waals surface area contributed by atoms with Gasteiger partial charge < -0.3 is 6.15 Å². The molecular formula is C24H25BrClFeN3. The van der Waals surface area contributed by atoms with Crippen molar-refractivity contribution >= 4 is 50.1 Å². The van der Waals surface area contributed by atoms with Crippen molar-refractivity contribution in [1.29, 1.82) is 0 Å². The first-order valence-corrected chi connectivity index (χ1v) is 9.65. The van der Waals surface area contributed by atoms with Crippen LogP contribution in [0.25, 0.3) is 21.8 Å². The Balaban J connectivity index is 0.000000569. The molecule has 30 heavy (non-hydrogen) atoms. The molecule has 0 aliphatic carbocycles. The summed E-state index contributed by atoms with van der Waals surface area (Å²) in [5.41, 5.74) is 5.06. The number of aryl methyl sites for hydroxylation is 1. The average Bonchev–Trinajstić information content (AvgIpc) is 2.68. The number of pyridine rings is 2. The van der Waals surface area contributed by atoms with E-state index in [2.05, 4.69) is 89.7 Å². The molecule has 0 unspecified atom stereocenters. The third kappa shape index (κ3) is 6.90. The van der Waals surface area contributed by atoms with E-state index in [9.17, 15) is 0 Å². The number of rotatable bonds is 2. The van der Waals surface area contributed by atoms with Crippen molar-refractivity contribution in [3.63, 3.8) is 0 Å². The molecule has 0 atom stereocenters. The molecule has 6 heteroatoms. The second-order valence-electron chi connectivity index (χ2n) is 6.66. The molecule has 0 fully saturated rings. The molecule has 0 bridgehead atoms. The molecule has 0 amide bonds. The van der Waals surface area contributed by atoms with Gasteiger partial charge >= 0.3 is 17.1 Å². The summed E-state index contributed by atoms with van der Waals surface area (Å²) in [6, 6.07) is 21.6. The van der Waals surface area contributed by atoms with Crippen LogP contribution in [-0.2, 0) is 17.1 Å². The van der Waals surface area contributed by atoms with Crippen LogP contribution in [0.4, 0.5) is 0 Å². The van der Waals surface area contributed by atoms with Crippen molar-refractivity contribution in [3.8, 4) is 0 Å². The van der Waals surface area contributed by atoms with Crippen LogP contribution in [-0.4, -0.2) is 9.97 Å². The fourth-order valence-electron chi connectivity index (χ4n) is 2.79. The molecule has 0 saturated carbocycles. The maximum absolute atomic E-state index is 4.51. The van der Waals surface area contributed by atoms with Crippen molar-refractivity contribution in [2.45, 2.75) is 26.7 Å². The van der Waals surface area contributed by atoms with Gasteiger partial charge in [-0.3, -0.25) is 4.98 Å². The molecule has 2 aromatic carbocycles. The molecule has 3 N–H and O–H groups in total. The third-order valence-corrected chi connectivity index (χ3v) is 4.69. The Morgan fingerprint density at radius 2 is 1.50 bits per heavy atom. The van der Waals surface area contributed by atoms with Crippen molar-refractivity contribution in [2.24, 2.45) is 0 Å². The standard InChI is InChI=1S/C14H8BrN2.C10H13.ClH.Fe.H3N/c1-2-11-7-5-9-3-4-10-6-8-12(15)17-14(10)13(9)16-11;1-8(2)10-6-4-5-9(3)7-10;;;/h3-8H,1H2;4-6,8H,1-3H3;1H;;1H3/q2*-1;;+2;. The number of fused-ring (bicyclic) bond motifs is 3. The molecule has 0 aliphatic rings. The Morgan fingerprint density at radius 1 is 0.933 bits per heavy atom. The normalized spacial score (nSPS) is 9.63. The van der Waals surface area contributed by atoms with Crippen molar-refractivity contribution < 1.29 is 17.1 Å². The van der Waals surface area contributed by atoms with Gasteiger partial charge in [0, 0.05) is 5.39 Å². The zero-order valence-corrected chi connectivity index (χ0v) is 20.7. The Morgan fingerprint density at radius 3 is 2.03 bits per heavy atom. The Bertz CT molecular complexity index is 1120. The summed E-state index contributed by atoms with van der Waals surface area (Å²) in [6.45, 7) is 10.1. The summed E-state index contributed by atoms with van der Waals surface area (Å²) in [6.07, 6.45) is 2.80. The van der Waals surface area contributed by atoms with E-state index in [-0.39, 0.29) is 35.6 Å². The van der Waals surface area contributed by atoms with Crippen molar-refractivity contribution in [3.05, 3.63) is 94.7 Å². The van der Waals surface area contributed by atoms with Gasteiger partial charge in [0.1, 0.15) is 4.60 Å². The van der Waals surface area contributed by atoms with Gasteiger partial charge in [-0.1, -0.05) is 39.0 Å². The van der Waals surface area contributed by atoms with Gasteiger partial charge in [-0.05, 0) is 33.3 Å². The van der Waals surface area contributed by atoms with Gasteiger partial charge in [0.2, 0.25) is 0 Å². The van der Waals surface area contributed by atoms with E-state index < -0.39 is 0 Å². The summed E-state index contributed by atoms with van der Waals surface area (Å²) in [7, 11) is 0. The van der Waals surface area contributed by atoms with Crippen LogP contribution in [0.2, 0.25) is 0 Å². The number of hydrogen-bond acceptors (Lipinski definition) is 3. The maximum atomic E-state index is 4.51. The minimum absolute atomic E-state index is 0. The summed E-state index contributed by atoms with van der Waals surface area (Å²) in [5.74, 6) is 0.597. The molecule has 2 aromatic heterocycles. The van der Waals surface area contributed by atoms with Crippen LogP contribution < -0.4 is 6.15 Å². The van der Waals surface area contributed by atoms with Crippen LogP contribution in [0.5, 0.6) is 0 Å². The van der Waals surface area contributed by atoms with E-state index in [0.717, 1.165) is 32.1 Å². The first-order valence-electron chi connectivity index (χ1n) is 8.86. The summed E-state index contributed by atoms with van der Waals surface area (Å²) < 4.78 is 0.812. The maximum Gasteiger partial charge on any atom is 2.00 e. The van der Waals surface area contributed by atoms with E-state index in [0.29, 0.717) is 5.92 Å². The van der Waals surface area contributed by atoms with Crippen molar-refractivity contribution in [1.82, 2.24) is 16.1 Å². The van der Waals surface area contributed by atoms with E-state index in [1.165, 1.54) is 11.1 Å². The monoisotopic (exact) mass is 525 g/mol. The predicted octanol–water partition coefficient (Wildman–Crippen LogP) is 7.38. The average molecular weight is 527 g/mol. The van der Waals surface area contributed by atoms with Crippen LogP contribution in [0.1, 0.15) is 36.6 Å². The molecule has 0 aliphatic heterocycles. The zero-order chi connectivity index (χ0) is 19.4. The summed E-state index contributed by atoms with van der Waals surface area (Å²) >= 11 is 3.39. The molecule has 3 nitrogen and oxygen atoms in total. The smallest absolute Gasteiger partial charge is 0.344 e. The van der Waals surface area contributed by atoms with Crippen molar-refractivity contribution in [2.75, 3.05) is 0 Å². The van der Waals surface area contributed by atoms with Crippen LogP contribution in [0.15, 0.2) is 65.8 Å². The van der Waals surface area contributed by atoms with Gasteiger partial charge in [-0.25, -0.2) is 11.1 Å². The van der Waals surface area contributed by atoms with Crippen LogP contribution in [0, 0.1) is 19.1 Å². The summed E-state index contributed by atoms with van der Waals surface area (Å²) in [4.78, 5) is 8.99. The predicted molar refractivity (Wildman–Crippen MR) is 129 cm³/mol. The van der Waals surface area contributed by atoms with Crippen LogP contribution >= 0.6 is 28.3 Å². The molecule has 2 heterocycles. The first-order chi connectivity index (χ1) is 13.0. The molecule has 0 radical (unpaired) electrons. The van der Waals surface area contributed by atoms with E-state index in [1.54, 1.807) is 0 Å². The quantitative estimate of drug-likeness (QED) is 0.128. The fourth-order valence-corrected chi connectivity index (χ4v) is 3.10. The number of aromatic nitrogens is 2. The fraction of sp³-hybridized carbons (Fsp3) is 0.167. The second kappa shape index (κ2) is 12.8. The molecule has 0 spiro atoms. The molecule has 4 aromatic rings. The van der Waals surface area contributed by atoms with E-state index in [4.69, 9.17) is 0 Å². The Labute approximate surface area is 204 Å². The number of halogens is 2. The number of hydrogen-bond donors (Lipinski definition) is 1. The molecule has 4 rings (SSSR count). The molecular weight excluding hydrogens is 501 g/mol. The summed E-state index contributed by atoms with van der Waals surface area (Å²) in [5, 5.41) is 2.15. The van der Waals surface area contributed by atoms with Gasteiger partial charge in [0.15, 0.2) is 0 Å². The minimum atomic E-state index is 0. The van der Waals surface area contributed by atoms with Gasteiger partial charge in [-0.2, -0.15) is 48.0 Å². The van der Waals surface area contributed by atoms with E-state index >= 15 is 0 Å². The molecule has 158 valence electrons. The number of benzene rings is 2. The third-order valence-electron chi connectivity index (χ3n) is 4.25. The van der Waals surface area contributed by atoms with Gasteiger partial charge in [-0.15, -0.1) is 24.2 Å². The number of nitrogens with zero attached hydrogens (tertiary/aromatic N) is 2. The van der Waals surface area contributed by atoms with E-state index in [1.807, 2.05) is 30.3 Å². The first kappa shape index (κ1) is 28.2. The second-order valence-corrected chi connectivity index (χ2v) is 7.47. The Hall–Kier alpha value is -1.75. The van der Waals surface area contributed by atoms with Gasteiger partial charge in [0.05, 0.1) is 11.0 Å². The van der Waals surface area contributed by atoms with Crippen LogP contribution in [0.3, 0.4) is 0 Å². The Kier molecular flexibility index (Phi) is 12.1. The largest absolute Gasteiger partial charge is 2.00 e. The SMILES string of the molecule is C=[C-]c1ccc2ccc3ccc(Br)nc3c2n1.Cc1[c-]c(C(C)C)ccc1.Cl.N.[Fe+2]. The molecule has 0 saturated heterocycles. The topological polar surface area (TPSA) is 60.8 Å². The minimum Gasteiger partial charge on any atom is -0.344 e. The van der Waals surface area contributed by atoms with Gasteiger partial charge in [0.25, 0.3) is 0 Å². The zero-order valence-electron chi connectivity index (χ0n) is 17.2.